The Morgan fingerprint density at radius 1 is 1.17 bits per heavy atom. The minimum atomic E-state index is -0.893. The molecule has 1 saturated heterocycles. The Labute approximate surface area is 177 Å². The van der Waals surface area contributed by atoms with E-state index in [1.165, 1.54) is 11.6 Å². The Hall–Kier alpha value is -2.47. The van der Waals surface area contributed by atoms with Crippen LogP contribution < -0.4 is 10.1 Å². The summed E-state index contributed by atoms with van der Waals surface area (Å²) in [5, 5.41) is 2.80. The van der Waals surface area contributed by atoms with Crippen LogP contribution in [0.2, 0.25) is 0 Å². The van der Waals surface area contributed by atoms with E-state index >= 15 is 0 Å². The summed E-state index contributed by atoms with van der Waals surface area (Å²) in [4.78, 5) is 14.6. The van der Waals surface area contributed by atoms with Crippen molar-refractivity contribution in [3.05, 3.63) is 64.7 Å². The summed E-state index contributed by atoms with van der Waals surface area (Å²) in [5.74, 6) is -0.424. The maximum Gasteiger partial charge on any atom is 0.220 e. The molecule has 3 rings (SSSR count). The number of hydrogen-bond donors (Lipinski definition) is 1. The predicted molar refractivity (Wildman–Crippen MR) is 113 cm³/mol. The van der Waals surface area contributed by atoms with Crippen LogP contribution in [0.3, 0.4) is 0 Å². The van der Waals surface area contributed by atoms with Gasteiger partial charge in [-0.15, -0.1) is 0 Å². The number of nitrogens with zero attached hydrogens (tertiary/aromatic N) is 1. The third kappa shape index (κ3) is 6.26. The van der Waals surface area contributed by atoms with Crippen LogP contribution in [-0.4, -0.2) is 31.0 Å². The summed E-state index contributed by atoms with van der Waals surface area (Å²) >= 11 is 0. The molecule has 1 heterocycles. The lowest BCUT2D eigenvalue weighted by Gasteiger charge is -2.32. The SMILES string of the molecule is COc1ccc(CN2CCC[C@@H](CCC(=O)NCc3ccc(F)c(F)c3)C2)cc1C. The normalized spacial score (nSPS) is 17.0. The number of methoxy groups -OCH3 is 1. The van der Waals surface area contributed by atoms with Crippen molar-refractivity contribution in [3.63, 3.8) is 0 Å². The number of likely N-dealkylation sites (tertiary alicyclic amines) is 1. The standard InChI is InChI=1S/C24H30F2N2O2/c1-17-12-20(6-9-23(17)30-2)16-28-11-3-4-18(15-28)7-10-24(29)27-14-19-5-8-21(25)22(26)13-19/h5-6,8-9,12-13,18H,3-4,7,10-11,14-16H2,1-2H3,(H,27,29)/t18-/m0/s1. The fourth-order valence-electron chi connectivity index (χ4n) is 4.10. The summed E-state index contributed by atoms with van der Waals surface area (Å²) in [5.41, 5.74) is 2.97. The molecule has 1 N–H and O–H groups in total. The van der Waals surface area contributed by atoms with E-state index in [0.717, 1.165) is 62.3 Å². The fraction of sp³-hybridized carbons (Fsp3) is 0.458. The Kier molecular flexibility index (Phi) is 7.80. The second kappa shape index (κ2) is 10.5. The average molecular weight is 417 g/mol. The lowest BCUT2D eigenvalue weighted by atomic mass is 9.93. The Morgan fingerprint density at radius 3 is 2.70 bits per heavy atom. The molecule has 0 radical (unpaired) electrons. The molecule has 1 aliphatic rings. The van der Waals surface area contributed by atoms with Crippen molar-refractivity contribution in [2.45, 2.75) is 45.7 Å². The minimum Gasteiger partial charge on any atom is -0.496 e. The van der Waals surface area contributed by atoms with Crippen LogP contribution in [0.5, 0.6) is 5.75 Å². The van der Waals surface area contributed by atoms with Gasteiger partial charge in [0.25, 0.3) is 0 Å². The van der Waals surface area contributed by atoms with E-state index in [4.69, 9.17) is 4.74 Å². The smallest absolute Gasteiger partial charge is 0.220 e. The van der Waals surface area contributed by atoms with E-state index < -0.39 is 11.6 Å². The van der Waals surface area contributed by atoms with Crippen molar-refractivity contribution in [3.8, 4) is 5.75 Å². The average Bonchev–Trinajstić information content (AvgIpc) is 2.73. The fourth-order valence-corrected chi connectivity index (χ4v) is 4.10. The Morgan fingerprint density at radius 2 is 1.97 bits per heavy atom. The van der Waals surface area contributed by atoms with Crippen molar-refractivity contribution in [1.29, 1.82) is 0 Å². The molecule has 2 aromatic rings. The summed E-state index contributed by atoms with van der Waals surface area (Å²) < 4.78 is 31.6. The van der Waals surface area contributed by atoms with Crippen molar-refractivity contribution < 1.29 is 18.3 Å². The zero-order chi connectivity index (χ0) is 21.5. The molecule has 1 aliphatic heterocycles. The molecular weight excluding hydrogens is 386 g/mol. The van der Waals surface area contributed by atoms with Gasteiger partial charge in [0.15, 0.2) is 11.6 Å². The molecule has 2 aromatic carbocycles. The van der Waals surface area contributed by atoms with Gasteiger partial charge in [-0.05, 0) is 73.5 Å². The highest BCUT2D eigenvalue weighted by atomic mass is 19.2. The monoisotopic (exact) mass is 416 g/mol. The molecule has 6 heteroatoms. The van der Waals surface area contributed by atoms with Crippen LogP contribution in [0, 0.1) is 24.5 Å². The number of aryl methyl sites for hydroxylation is 1. The van der Waals surface area contributed by atoms with Crippen molar-refractivity contribution in [1.82, 2.24) is 10.2 Å². The third-order valence-corrected chi connectivity index (χ3v) is 5.72. The number of piperidine rings is 1. The first-order valence-electron chi connectivity index (χ1n) is 10.5. The van der Waals surface area contributed by atoms with Gasteiger partial charge in [0, 0.05) is 26.1 Å². The van der Waals surface area contributed by atoms with Crippen LogP contribution >= 0.6 is 0 Å². The second-order valence-electron chi connectivity index (χ2n) is 8.11. The van der Waals surface area contributed by atoms with Gasteiger partial charge in [-0.1, -0.05) is 18.2 Å². The van der Waals surface area contributed by atoms with Crippen LogP contribution in [-0.2, 0) is 17.9 Å². The number of halogens is 2. The van der Waals surface area contributed by atoms with Gasteiger partial charge in [-0.25, -0.2) is 8.78 Å². The van der Waals surface area contributed by atoms with E-state index in [-0.39, 0.29) is 12.5 Å². The molecule has 1 amide bonds. The first-order chi connectivity index (χ1) is 14.4. The topological polar surface area (TPSA) is 41.6 Å². The number of carbonyl (C=O) groups excluding carboxylic acids is 1. The first kappa shape index (κ1) is 22.2. The Bertz CT molecular complexity index is 872. The lowest BCUT2D eigenvalue weighted by Crippen LogP contribution is -2.35. The number of carbonyl (C=O) groups is 1. The summed E-state index contributed by atoms with van der Waals surface area (Å²) in [7, 11) is 1.69. The Balaban J connectivity index is 1.42. The molecule has 1 atom stereocenters. The highest BCUT2D eigenvalue weighted by Gasteiger charge is 2.21. The number of benzene rings is 2. The van der Waals surface area contributed by atoms with Gasteiger partial charge < -0.3 is 10.1 Å². The van der Waals surface area contributed by atoms with E-state index in [1.807, 2.05) is 6.07 Å². The maximum absolute atomic E-state index is 13.2. The number of ether oxygens (including phenoxy) is 1. The second-order valence-corrected chi connectivity index (χ2v) is 8.11. The van der Waals surface area contributed by atoms with Gasteiger partial charge in [0.2, 0.25) is 5.91 Å². The van der Waals surface area contributed by atoms with E-state index in [0.29, 0.717) is 17.9 Å². The first-order valence-corrected chi connectivity index (χ1v) is 10.5. The zero-order valence-corrected chi connectivity index (χ0v) is 17.7. The molecule has 162 valence electrons. The quantitative estimate of drug-likeness (QED) is 0.684. The molecular formula is C24H30F2N2O2. The minimum absolute atomic E-state index is 0.0531. The van der Waals surface area contributed by atoms with Gasteiger partial charge in [-0.3, -0.25) is 9.69 Å². The zero-order valence-electron chi connectivity index (χ0n) is 17.7. The number of hydrogen-bond acceptors (Lipinski definition) is 3. The molecule has 0 unspecified atom stereocenters. The van der Waals surface area contributed by atoms with Gasteiger partial charge in [-0.2, -0.15) is 0 Å². The molecule has 4 nitrogen and oxygen atoms in total. The maximum atomic E-state index is 13.2. The van der Waals surface area contributed by atoms with E-state index in [1.54, 1.807) is 7.11 Å². The molecule has 0 spiro atoms. The largest absolute Gasteiger partial charge is 0.496 e. The lowest BCUT2D eigenvalue weighted by molar-refractivity contribution is -0.121. The molecule has 0 bridgehead atoms. The molecule has 30 heavy (non-hydrogen) atoms. The number of rotatable bonds is 8. The van der Waals surface area contributed by atoms with Crippen LogP contribution in [0.15, 0.2) is 36.4 Å². The van der Waals surface area contributed by atoms with Crippen molar-refractivity contribution in [2.75, 3.05) is 20.2 Å². The molecule has 1 fully saturated rings. The van der Waals surface area contributed by atoms with E-state index in [2.05, 4.69) is 29.3 Å². The third-order valence-electron chi connectivity index (χ3n) is 5.72. The summed E-state index contributed by atoms with van der Waals surface area (Å²) in [6, 6.07) is 9.99. The number of amides is 1. The highest BCUT2D eigenvalue weighted by Crippen LogP contribution is 2.24. The molecule has 0 aromatic heterocycles. The highest BCUT2D eigenvalue weighted by molar-refractivity contribution is 5.75. The summed E-state index contributed by atoms with van der Waals surface area (Å²) in [6.07, 6.45) is 3.55. The number of nitrogens with one attached hydrogen (secondary N) is 1. The van der Waals surface area contributed by atoms with Crippen molar-refractivity contribution in [2.24, 2.45) is 5.92 Å². The van der Waals surface area contributed by atoms with E-state index in [9.17, 15) is 13.6 Å². The van der Waals surface area contributed by atoms with Crippen molar-refractivity contribution >= 4 is 5.91 Å². The van der Waals surface area contributed by atoms with Gasteiger partial charge in [0.05, 0.1) is 7.11 Å². The van der Waals surface area contributed by atoms with Gasteiger partial charge in [0.1, 0.15) is 5.75 Å². The van der Waals surface area contributed by atoms with Crippen LogP contribution in [0.1, 0.15) is 42.4 Å². The predicted octanol–water partition coefficient (Wildman–Crippen LogP) is 4.59. The molecule has 0 aliphatic carbocycles. The molecule has 0 saturated carbocycles. The van der Waals surface area contributed by atoms with Crippen LogP contribution in [0.25, 0.3) is 0 Å². The van der Waals surface area contributed by atoms with Gasteiger partial charge >= 0.3 is 0 Å². The summed E-state index contributed by atoms with van der Waals surface area (Å²) in [6.45, 7) is 5.24. The van der Waals surface area contributed by atoms with Crippen LogP contribution in [0.4, 0.5) is 8.78 Å².